The number of nitrogens with two attached hydrogens (primary N) is 1. The maximum absolute atomic E-state index is 12.0. The van der Waals surface area contributed by atoms with Gasteiger partial charge in [-0.05, 0) is 36.6 Å². The maximum atomic E-state index is 12.0. The van der Waals surface area contributed by atoms with Crippen LogP contribution in [0.3, 0.4) is 0 Å². The standard InChI is InChI=1S/C11H12F3NO3/c1-6-2-3-8(18-11(12,13)14)4-7(6)5-9(15)10(16)17/h2-4,9H,5,15H2,1H3,(H,16,17)/t9-/m1/s1. The third kappa shape index (κ3) is 4.25. The summed E-state index contributed by atoms with van der Waals surface area (Å²) in [7, 11) is 0. The molecule has 3 N–H and O–H groups in total. The predicted octanol–water partition coefficient (Wildman–Crippen LogP) is 1.85. The molecule has 0 bridgehead atoms. The summed E-state index contributed by atoms with van der Waals surface area (Å²) in [6.45, 7) is 1.65. The van der Waals surface area contributed by atoms with Crippen LogP contribution in [0.5, 0.6) is 5.75 Å². The van der Waals surface area contributed by atoms with E-state index < -0.39 is 18.4 Å². The summed E-state index contributed by atoms with van der Waals surface area (Å²) in [6, 6.07) is 2.57. The van der Waals surface area contributed by atoms with Crippen LogP contribution in [0.1, 0.15) is 11.1 Å². The highest BCUT2D eigenvalue weighted by Gasteiger charge is 2.31. The molecular formula is C11H12F3NO3. The molecule has 18 heavy (non-hydrogen) atoms. The molecule has 1 atom stereocenters. The minimum absolute atomic E-state index is 0.0593. The number of rotatable bonds is 4. The van der Waals surface area contributed by atoms with E-state index in [1.54, 1.807) is 6.92 Å². The van der Waals surface area contributed by atoms with Gasteiger partial charge >= 0.3 is 12.3 Å². The minimum atomic E-state index is -4.78. The van der Waals surface area contributed by atoms with Gasteiger partial charge in [0.2, 0.25) is 0 Å². The van der Waals surface area contributed by atoms with E-state index >= 15 is 0 Å². The number of carbonyl (C=O) groups is 1. The highest BCUT2D eigenvalue weighted by molar-refractivity contribution is 5.73. The maximum Gasteiger partial charge on any atom is 0.573 e. The van der Waals surface area contributed by atoms with Crippen molar-refractivity contribution in [1.82, 2.24) is 0 Å². The zero-order chi connectivity index (χ0) is 13.9. The van der Waals surface area contributed by atoms with Crippen molar-refractivity contribution in [2.45, 2.75) is 25.7 Å². The summed E-state index contributed by atoms with van der Waals surface area (Å²) < 4.78 is 39.8. The summed E-state index contributed by atoms with van der Waals surface area (Å²) in [5, 5.41) is 8.65. The first-order chi connectivity index (χ1) is 8.19. The first-order valence-electron chi connectivity index (χ1n) is 5.02. The Bertz CT molecular complexity index is 446. The molecule has 1 aromatic carbocycles. The lowest BCUT2D eigenvalue weighted by atomic mass is 10.0. The van der Waals surface area contributed by atoms with E-state index in [0.717, 1.165) is 6.07 Å². The number of alkyl halides is 3. The average Bonchev–Trinajstić information content (AvgIpc) is 2.20. The third-order valence-corrected chi connectivity index (χ3v) is 2.31. The van der Waals surface area contributed by atoms with Crippen LogP contribution in [-0.2, 0) is 11.2 Å². The molecule has 1 aromatic rings. The van der Waals surface area contributed by atoms with Crippen LogP contribution in [-0.4, -0.2) is 23.5 Å². The van der Waals surface area contributed by atoms with Gasteiger partial charge in [0.25, 0.3) is 0 Å². The SMILES string of the molecule is Cc1ccc(OC(F)(F)F)cc1C[C@@H](N)C(=O)O. The van der Waals surface area contributed by atoms with Crippen LogP contribution in [0, 0.1) is 6.92 Å². The molecule has 0 radical (unpaired) electrons. The monoisotopic (exact) mass is 263 g/mol. The van der Waals surface area contributed by atoms with E-state index in [4.69, 9.17) is 10.8 Å². The zero-order valence-electron chi connectivity index (χ0n) is 9.49. The first-order valence-corrected chi connectivity index (χ1v) is 5.02. The molecular weight excluding hydrogens is 251 g/mol. The highest BCUT2D eigenvalue weighted by Crippen LogP contribution is 2.25. The third-order valence-electron chi connectivity index (χ3n) is 2.31. The number of halogens is 3. The molecule has 0 saturated carbocycles. The van der Waals surface area contributed by atoms with Crippen molar-refractivity contribution in [1.29, 1.82) is 0 Å². The molecule has 0 spiro atoms. The number of carboxylic acids is 1. The number of carboxylic acid groups (broad SMARTS) is 1. The molecule has 0 aliphatic heterocycles. The molecule has 0 aromatic heterocycles. The van der Waals surface area contributed by atoms with Crippen LogP contribution in [0.4, 0.5) is 13.2 Å². The molecule has 0 heterocycles. The lowest BCUT2D eigenvalue weighted by molar-refractivity contribution is -0.274. The van der Waals surface area contributed by atoms with E-state index in [-0.39, 0.29) is 12.2 Å². The van der Waals surface area contributed by atoms with Crippen molar-refractivity contribution in [3.05, 3.63) is 29.3 Å². The van der Waals surface area contributed by atoms with Gasteiger partial charge in [0, 0.05) is 0 Å². The number of ether oxygens (including phenoxy) is 1. The van der Waals surface area contributed by atoms with Crippen LogP contribution < -0.4 is 10.5 Å². The second kappa shape index (κ2) is 5.26. The van der Waals surface area contributed by atoms with E-state index in [2.05, 4.69) is 4.74 Å². The number of hydrogen-bond acceptors (Lipinski definition) is 3. The quantitative estimate of drug-likeness (QED) is 0.869. The second-order valence-electron chi connectivity index (χ2n) is 3.78. The molecule has 0 amide bonds. The van der Waals surface area contributed by atoms with Crippen molar-refractivity contribution in [3.8, 4) is 5.75 Å². The van der Waals surface area contributed by atoms with Gasteiger partial charge in [-0.3, -0.25) is 4.79 Å². The topological polar surface area (TPSA) is 72.5 Å². The van der Waals surface area contributed by atoms with E-state index in [0.29, 0.717) is 11.1 Å². The number of aryl methyl sites for hydroxylation is 1. The summed E-state index contributed by atoms with van der Waals surface area (Å²) in [5.74, 6) is -1.60. The number of benzene rings is 1. The Morgan fingerprint density at radius 2 is 2.11 bits per heavy atom. The Balaban J connectivity index is 2.91. The molecule has 0 aliphatic rings. The average molecular weight is 263 g/mol. The van der Waals surface area contributed by atoms with Gasteiger partial charge in [0.15, 0.2) is 0 Å². The van der Waals surface area contributed by atoms with Crippen molar-refractivity contribution >= 4 is 5.97 Å². The number of aliphatic carboxylic acids is 1. The van der Waals surface area contributed by atoms with Crippen molar-refractivity contribution < 1.29 is 27.8 Å². The van der Waals surface area contributed by atoms with Gasteiger partial charge < -0.3 is 15.6 Å². The summed E-state index contributed by atoms with van der Waals surface area (Å²) in [6.07, 6.45) is -4.84. The predicted molar refractivity (Wildman–Crippen MR) is 57.2 cm³/mol. The van der Waals surface area contributed by atoms with Gasteiger partial charge in [-0.25, -0.2) is 0 Å². The normalized spacial score (nSPS) is 13.2. The second-order valence-corrected chi connectivity index (χ2v) is 3.78. The lowest BCUT2D eigenvalue weighted by Gasteiger charge is -2.13. The molecule has 0 aliphatic carbocycles. The number of hydrogen-bond donors (Lipinski definition) is 2. The minimum Gasteiger partial charge on any atom is -0.480 e. The van der Waals surface area contributed by atoms with E-state index in [9.17, 15) is 18.0 Å². The van der Waals surface area contributed by atoms with E-state index in [1.807, 2.05) is 0 Å². The van der Waals surface area contributed by atoms with Gasteiger partial charge in [-0.15, -0.1) is 13.2 Å². The van der Waals surface area contributed by atoms with Crippen LogP contribution in [0.15, 0.2) is 18.2 Å². The molecule has 1 rings (SSSR count). The Kier molecular flexibility index (Phi) is 4.18. The Hall–Kier alpha value is -1.76. The van der Waals surface area contributed by atoms with Gasteiger partial charge in [0.05, 0.1) is 0 Å². The first kappa shape index (κ1) is 14.3. The summed E-state index contributed by atoms with van der Waals surface area (Å²) in [5.41, 5.74) is 6.39. The molecule has 0 unspecified atom stereocenters. The van der Waals surface area contributed by atoms with Gasteiger partial charge in [0.1, 0.15) is 11.8 Å². The highest BCUT2D eigenvalue weighted by atomic mass is 19.4. The molecule has 100 valence electrons. The van der Waals surface area contributed by atoms with Crippen LogP contribution in [0.25, 0.3) is 0 Å². The fourth-order valence-corrected chi connectivity index (χ4v) is 1.39. The Labute approximate surface area is 101 Å². The summed E-state index contributed by atoms with van der Waals surface area (Å²) >= 11 is 0. The van der Waals surface area contributed by atoms with E-state index in [1.165, 1.54) is 12.1 Å². The molecule has 7 heteroatoms. The summed E-state index contributed by atoms with van der Waals surface area (Å²) in [4.78, 5) is 10.6. The lowest BCUT2D eigenvalue weighted by Crippen LogP contribution is -2.32. The zero-order valence-corrected chi connectivity index (χ0v) is 9.49. The largest absolute Gasteiger partial charge is 0.573 e. The van der Waals surface area contributed by atoms with Crippen molar-refractivity contribution in [2.75, 3.05) is 0 Å². The molecule has 0 saturated heterocycles. The van der Waals surface area contributed by atoms with Crippen molar-refractivity contribution in [3.63, 3.8) is 0 Å². The fourth-order valence-electron chi connectivity index (χ4n) is 1.39. The van der Waals surface area contributed by atoms with Crippen molar-refractivity contribution in [2.24, 2.45) is 5.73 Å². The fraction of sp³-hybridized carbons (Fsp3) is 0.364. The molecule has 0 fully saturated rings. The molecule has 4 nitrogen and oxygen atoms in total. The Morgan fingerprint density at radius 1 is 1.50 bits per heavy atom. The van der Waals surface area contributed by atoms with Crippen LogP contribution >= 0.6 is 0 Å². The smallest absolute Gasteiger partial charge is 0.480 e. The Morgan fingerprint density at radius 3 is 2.61 bits per heavy atom. The van der Waals surface area contributed by atoms with Gasteiger partial charge in [-0.1, -0.05) is 6.07 Å². The van der Waals surface area contributed by atoms with Crippen LogP contribution in [0.2, 0.25) is 0 Å². The van der Waals surface area contributed by atoms with Gasteiger partial charge in [-0.2, -0.15) is 0 Å².